The second kappa shape index (κ2) is 5.80. The highest BCUT2D eigenvalue weighted by Gasteiger charge is 2.32. The van der Waals surface area contributed by atoms with Crippen LogP contribution in [0.25, 0.3) is 0 Å². The lowest BCUT2D eigenvalue weighted by Crippen LogP contribution is -2.31. The molecule has 2 unspecified atom stereocenters. The number of alkyl halides is 1. The first-order valence-corrected chi connectivity index (χ1v) is 5.56. The molecule has 18 heavy (non-hydrogen) atoms. The summed E-state index contributed by atoms with van der Waals surface area (Å²) in [6.45, 7) is 3.15. The Labute approximate surface area is 103 Å². The van der Waals surface area contributed by atoms with E-state index in [9.17, 15) is 22.8 Å². The number of carbonyl (C=O) groups is 2. The molecule has 0 spiro atoms. The van der Waals surface area contributed by atoms with E-state index in [1.165, 1.54) is 6.92 Å². The third-order valence-corrected chi connectivity index (χ3v) is 2.80. The minimum absolute atomic E-state index is 0.373. The minimum Gasteiger partial charge on any atom is -0.296 e. The number of benzene rings is 1. The van der Waals surface area contributed by atoms with Gasteiger partial charge in [0.15, 0.2) is 17.4 Å². The molecule has 0 N–H and O–H groups in total. The molecule has 0 aliphatic rings. The first-order valence-electron chi connectivity index (χ1n) is 5.56. The van der Waals surface area contributed by atoms with Crippen LogP contribution in [0.4, 0.5) is 13.2 Å². The van der Waals surface area contributed by atoms with E-state index in [1.807, 2.05) is 0 Å². The number of carbonyl (C=O) groups excluding carboxylic acids is 2. The van der Waals surface area contributed by atoms with E-state index in [2.05, 4.69) is 0 Å². The molecule has 2 nitrogen and oxygen atoms in total. The zero-order valence-electron chi connectivity index (χ0n) is 10.0. The third-order valence-electron chi connectivity index (χ3n) is 2.80. The second-order valence-electron chi connectivity index (χ2n) is 4.04. The lowest BCUT2D eigenvalue weighted by Gasteiger charge is -2.11. The van der Waals surface area contributed by atoms with Gasteiger partial charge in [-0.05, 0) is 18.6 Å². The van der Waals surface area contributed by atoms with E-state index in [1.54, 1.807) is 6.92 Å². The van der Waals surface area contributed by atoms with Crippen LogP contribution >= 0.6 is 0 Å². The topological polar surface area (TPSA) is 34.1 Å². The molecule has 0 amide bonds. The normalized spacial score (nSPS) is 14.1. The van der Waals surface area contributed by atoms with Crippen LogP contribution in [0.3, 0.4) is 0 Å². The van der Waals surface area contributed by atoms with E-state index >= 15 is 0 Å². The largest absolute Gasteiger partial charge is 0.296 e. The molecule has 0 aliphatic carbocycles. The summed E-state index contributed by atoms with van der Waals surface area (Å²) in [5, 5.41) is 0. The molecule has 0 saturated carbocycles. The molecule has 0 bridgehead atoms. The Balaban J connectivity index is 3.01. The van der Waals surface area contributed by atoms with Gasteiger partial charge in [-0.15, -0.1) is 0 Å². The Morgan fingerprint density at radius 3 is 2.44 bits per heavy atom. The smallest absolute Gasteiger partial charge is 0.221 e. The highest BCUT2D eigenvalue weighted by atomic mass is 19.2. The van der Waals surface area contributed by atoms with Gasteiger partial charge in [0.1, 0.15) is 0 Å². The van der Waals surface area contributed by atoms with Crippen molar-refractivity contribution in [2.75, 3.05) is 0 Å². The third kappa shape index (κ3) is 2.78. The van der Waals surface area contributed by atoms with Crippen molar-refractivity contribution in [1.82, 2.24) is 0 Å². The van der Waals surface area contributed by atoms with Crippen LogP contribution < -0.4 is 0 Å². The van der Waals surface area contributed by atoms with Gasteiger partial charge >= 0.3 is 0 Å². The summed E-state index contributed by atoms with van der Waals surface area (Å²) in [6.07, 6.45) is -2.07. The van der Waals surface area contributed by atoms with Gasteiger partial charge < -0.3 is 0 Å². The quantitative estimate of drug-likeness (QED) is 0.600. The number of hydrogen-bond acceptors (Lipinski definition) is 2. The fourth-order valence-electron chi connectivity index (χ4n) is 1.41. The zero-order valence-corrected chi connectivity index (χ0v) is 10.0. The van der Waals surface area contributed by atoms with Crippen LogP contribution in [-0.4, -0.2) is 17.7 Å². The number of rotatable bonds is 5. The molecule has 0 aromatic heterocycles. The summed E-state index contributed by atoms with van der Waals surface area (Å²) < 4.78 is 39.8. The SMILES string of the molecule is CCC(C)C(=O)C(F)C(=O)c1cccc(F)c1F. The maximum absolute atomic E-state index is 13.6. The summed E-state index contributed by atoms with van der Waals surface area (Å²) in [5.41, 5.74) is -0.737. The lowest BCUT2D eigenvalue weighted by atomic mass is 9.95. The number of halogens is 3. The Hall–Kier alpha value is -1.65. The molecule has 1 rings (SSSR count). The maximum Gasteiger partial charge on any atom is 0.221 e. The molecule has 0 fully saturated rings. The van der Waals surface area contributed by atoms with Crippen LogP contribution in [0.1, 0.15) is 30.6 Å². The number of hydrogen-bond donors (Lipinski definition) is 0. The molecule has 0 radical (unpaired) electrons. The minimum atomic E-state index is -2.45. The zero-order chi connectivity index (χ0) is 13.9. The van der Waals surface area contributed by atoms with E-state index in [-0.39, 0.29) is 0 Å². The summed E-state index contributed by atoms with van der Waals surface area (Å²) in [7, 11) is 0. The van der Waals surface area contributed by atoms with Crippen molar-refractivity contribution in [2.24, 2.45) is 5.92 Å². The number of ketones is 2. The summed E-state index contributed by atoms with van der Waals surface area (Å²) >= 11 is 0. The average Bonchev–Trinajstić information content (AvgIpc) is 2.38. The van der Waals surface area contributed by atoms with Crippen molar-refractivity contribution >= 4 is 11.6 Å². The molecular formula is C13H13F3O2. The van der Waals surface area contributed by atoms with Crippen molar-refractivity contribution in [3.8, 4) is 0 Å². The lowest BCUT2D eigenvalue weighted by molar-refractivity contribution is -0.125. The first-order chi connectivity index (χ1) is 8.40. The van der Waals surface area contributed by atoms with Gasteiger partial charge in [-0.3, -0.25) is 9.59 Å². The van der Waals surface area contributed by atoms with Gasteiger partial charge in [0.25, 0.3) is 0 Å². The Bertz CT molecular complexity index is 471. The molecule has 1 aromatic rings. The Morgan fingerprint density at radius 1 is 1.28 bits per heavy atom. The molecule has 98 valence electrons. The molecular weight excluding hydrogens is 245 g/mol. The molecule has 5 heteroatoms. The van der Waals surface area contributed by atoms with E-state index in [0.717, 1.165) is 18.2 Å². The first kappa shape index (κ1) is 14.4. The van der Waals surface area contributed by atoms with Crippen molar-refractivity contribution in [3.63, 3.8) is 0 Å². The predicted molar refractivity (Wildman–Crippen MR) is 60.0 cm³/mol. The molecule has 0 saturated heterocycles. The Morgan fingerprint density at radius 2 is 1.89 bits per heavy atom. The van der Waals surface area contributed by atoms with Gasteiger partial charge in [0.2, 0.25) is 12.0 Å². The van der Waals surface area contributed by atoms with Gasteiger partial charge in [-0.1, -0.05) is 19.9 Å². The highest BCUT2D eigenvalue weighted by Crippen LogP contribution is 2.17. The van der Waals surface area contributed by atoms with Gasteiger partial charge in [0, 0.05) is 5.92 Å². The van der Waals surface area contributed by atoms with Gasteiger partial charge in [-0.2, -0.15) is 0 Å². The van der Waals surface area contributed by atoms with E-state index in [0.29, 0.717) is 6.42 Å². The average molecular weight is 258 g/mol. The standard InChI is InChI=1S/C13H13F3O2/c1-3-7(2)12(17)11(16)13(18)8-5-4-6-9(14)10(8)15/h4-7,11H,3H2,1-2H3. The molecule has 1 aromatic carbocycles. The molecule has 0 aliphatic heterocycles. The maximum atomic E-state index is 13.6. The van der Waals surface area contributed by atoms with Crippen molar-refractivity contribution in [1.29, 1.82) is 0 Å². The van der Waals surface area contributed by atoms with Gasteiger partial charge in [-0.25, -0.2) is 13.2 Å². The van der Waals surface area contributed by atoms with Crippen LogP contribution in [0.2, 0.25) is 0 Å². The van der Waals surface area contributed by atoms with Crippen LogP contribution in [0.5, 0.6) is 0 Å². The number of Topliss-reactive ketones (excluding diaryl/α,β-unsaturated/α-hetero) is 2. The van der Waals surface area contributed by atoms with Crippen LogP contribution in [-0.2, 0) is 4.79 Å². The van der Waals surface area contributed by atoms with E-state index in [4.69, 9.17) is 0 Å². The second-order valence-corrected chi connectivity index (χ2v) is 4.04. The molecule has 2 atom stereocenters. The fourth-order valence-corrected chi connectivity index (χ4v) is 1.41. The summed E-state index contributed by atoms with van der Waals surface area (Å²) in [4.78, 5) is 23.1. The Kier molecular flexibility index (Phi) is 4.64. The van der Waals surface area contributed by atoms with Crippen LogP contribution in [0.15, 0.2) is 18.2 Å². The van der Waals surface area contributed by atoms with E-state index < -0.39 is 40.9 Å². The molecule has 0 heterocycles. The van der Waals surface area contributed by atoms with Crippen LogP contribution in [0, 0.1) is 17.6 Å². The van der Waals surface area contributed by atoms with Crippen molar-refractivity contribution < 1.29 is 22.8 Å². The fraction of sp³-hybridized carbons (Fsp3) is 0.385. The van der Waals surface area contributed by atoms with Gasteiger partial charge in [0.05, 0.1) is 5.56 Å². The highest BCUT2D eigenvalue weighted by molar-refractivity contribution is 6.13. The van der Waals surface area contributed by atoms with Crippen molar-refractivity contribution in [2.45, 2.75) is 26.4 Å². The summed E-state index contributed by atoms with van der Waals surface area (Å²) in [6, 6.07) is 2.86. The monoisotopic (exact) mass is 258 g/mol. The summed E-state index contributed by atoms with van der Waals surface area (Å²) in [5.74, 6) is -5.56. The predicted octanol–water partition coefficient (Wildman–Crippen LogP) is 3.10. The van der Waals surface area contributed by atoms with Crippen molar-refractivity contribution in [3.05, 3.63) is 35.4 Å².